The Morgan fingerprint density at radius 2 is 1.88 bits per heavy atom. The molecule has 0 radical (unpaired) electrons. The molecular formula is C19H27N3O3S. The van der Waals surface area contributed by atoms with E-state index >= 15 is 0 Å². The summed E-state index contributed by atoms with van der Waals surface area (Å²) in [5, 5.41) is 12.4. The van der Waals surface area contributed by atoms with Crippen molar-refractivity contribution in [2.24, 2.45) is 11.8 Å². The van der Waals surface area contributed by atoms with Crippen molar-refractivity contribution in [3.63, 3.8) is 0 Å². The Kier molecular flexibility index (Phi) is 7.38. The zero-order valence-corrected chi connectivity index (χ0v) is 16.9. The highest BCUT2D eigenvalue weighted by atomic mass is 32.1. The van der Waals surface area contributed by atoms with Crippen LogP contribution in [0.15, 0.2) is 18.2 Å². The van der Waals surface area contributed by atoms with Crippen molar-refractivity contribution in [3.05, 3.63) is 28.8 Å². The SMILES string of the molecule is CCOc1cc(C(=O)Nc2nnc(CC(C)C)s2)ccc1OCC(C)C. The van der Waals surface area contributed by atoms with Crippen LogP contribution in [0.2, 0.25) is 0 Å². The third kappa shape index (κ3) is 5.98. The highest BCUT2D eigenvalue weighted by molar-refractivity contribution is 7.15. The van der Waals surface area contributed by atoms with Crippen molar-refractivity contribution in [1.82, 2.24) is 10.2 Å². The van der Waals surface area contributed by atoms with Gasteiger partial charge in [0.1, 0.15) is 5.01 Å². The summed E-state index contributed by atoms with van der Waals surface area (Å²) >= 11 is 1.40. The molecule has 0 spiro atoms. The highest BCUT2D eigenvalue weighted by Gasteiger charge is 2.14. The number of rotatable bonds is 9. The lowest BCUT2D eigenvalue weighted by Gasteiger charge is -2.14. The molecule has 1 amide bonds. The minimum Gasteiger partial charge on any atom is -0.490 e. The van der Waals surface area contributed by atoms with E-state index in [2.05, 4.69) is 43.2 Å². The van der Waals surface area contributed by atoms with E-state index in [0.717, 1.165) is 11.4 Å². The fourth-order valence-electron chi connectivity index (χ4n) is 2.20. The molecular weight excluding hydrogens is 350 g/mol. The molecule has 0 bridgehead atoms. The first-order chi connectivity index (χ1) is 12.4. The van der Waals surface area contributed by atoms with Gasteiger partial charge in [0.15, 0.2) is 11.5 Å². The molecule has 1 aromatic heterocycles. The third-order valence-electron chi connectivity index (χ3n) is 3.35. The molecule has 2 aromatic rings. The van der Waals surface area contributed by atoms with Gasteiger partial charge in [-0.1, -0.05) is 39.0 Å². The zero-order chi connectivity index (χ0) is 19.1. The minimum atomic E-state index is -0.242. The van der Waals surface area contributed by atoms with Crippen LogP contribution in [0.25, 0.3) is 0 Å². The Morgan fingerprint density at radius 3 is 2.54 bits per heavy atom. The van der Waals surface area contributed by atoms with Crippen molar-refractivity contribution in [2.45, 2.75) is 41.0 Å². The molecule has 0 aliphatic carbocycles. The van der Waals surface area contributed by atoms with Crippen LogP contribution in [-0.2, 0) is 6.42 Å². The van der Waals surface area contributed by atoms with Gasteiger partial charge in [-0.25, -0.2) is 0 Å². The topological polar surface area (TPSA) is 73.3 Å². The van der Waals surface area contributed by atoms with E-state index in [-0.39, 0.29) is 5.91 Å². The van der Waals surface area contributed by atoms with Gasteiger partial charge in [-0.3, -0.25) is 10.1 Å². The number of nitrogens with zero attached hydrogens (tertiary/aromatic N) is 2. The first-order valence-corrected chi connectivity index (χ1v) is 9.74. The summed E-state index contributed by atoms with van der Waals surface area (Å²) in [6.07, 6.45) is 0.851. The molecule has 1 aromatic carbocycles. The fraction of sp³-hybridized carbons (Fsp3) is 0.526. The first kappa shape index (κ1) is 20.2. The maximum Gasteiger partial charge on any atom is 0.257 e. The van der Waals surface area contributed by atoms with Crippen LogP contribution >= 0.6 is 11.3 Å². The third-order valence-corrected chi connectivity index (χ3v) is 4.21. The number of carbonyl (C=O) groups excluding carboxylic acids is 1. The molecule has 2 rings (SSSR count). The van der Waals surface area contributed by atoms with Crippen LogP contribution in [0, 0.1) is 11.8 Å². The van der Waals surface area contributed by atoms with E-state index in [9.17, 15) is 4.79 Å². The van der Waals surface area contributed by atoms with Crippen LogP contribution in [-0.4, -0.2) is 29.3 Å². The summed E-state index contributed by atoms with van der Waals surface area (Å²) in [4.78, 5) is 12.5. The average Bonchev–Trinajstić information content (AvgIpc) is 2.99. The predicted molar refractivity (Wildman–Crippen MR) is 104 cm³/mol. The second kappa shape index (κ2) is 9.52. The van der Waals surface area contributed by atoms with Crippen LogP contribution < -0.4 is 14.8 Å². The van der Waals surface area contributed by atoms with Crippen molar-refractivity contribution in [3.8, 4) is 11.5 Å². The van der Waals surface area contributed by atoms with E-state index in [1.165, 1.54) is 11.3 Å². The maximum absolute atomic E-state index is 12.5. The number of amides is 1. The number of hydrogen-bond donors (Lipinski definition) is 1. The monoisotopic (exact) mass is 377 g/mol. The van der Waals surface area contributed by atoms with Crippen LogP contribution in [0.1, 0.15) is 50.0 Å². The maximum atomic E-state index is 12.5. The smallest absolute Gasteiger partial charge is 0.257 e. The summed E-state index contributed by atoms with van der Waals surface area (Å²) in [5.74, 6) is 1.88. The lowest BCUT2D eigenvalue weighted by atomic mass is 10.1. The van der Waals surface area contributed by atoms with Crippen LogP contribution in [0.3, 0.4) is 0 Å². The standard InChI is InChI=1S/C19H27N3O3S/c1-6-24-16-10-14(7-8-15(16)25-11-13(4)5)18(23)20-19-22-21-17(26-19)9-12(2)3/h7-8,10,12-13H,6,9,11H2,1-5H3,(H,20,22,23). The van der Waals surface area contributed by atoms with Crippen molar-refractivity contribution < 1.29 is 14.3 Å². The minimum absolute atomic E-state index is 0.242. The lowest BCUT2D eigenvalue weighted by molar-refractivity contribution is 0.102. The number of anilines is 1. The van der Waals surface area contributed by atoms with Gasteiger partial charge in [-0.15, -0.1) is 10.2 Å². The molecule has 0 aliphatic heterocycles. The number of hydrogen-bond acceptors (Lipinski definition) is 6. The molecule has 0 aliphatic rings. The molecule has 7 heteroatoms. The number of ether oxygens (including phenoxy) is 2. The number of carbonyl (C=O) groups is 1. The van der Waals surface area contributed by atoms with Crippen molar-refractivity contribution >= 4 is 22.4 Å². The Bertz CT molecular complexity index is 729. The molecule has 26 heavy (non-hydrogen) atoms. The quantitative estimate of drug-likeness (QED) is 0.700. The highest BCUT2D eigenvalue weighted by Crippen LogP contribution is 2.29. The van der Waals surface area contributed by atoms with Gasteiger partial charge in [0.05, 0.1) is 13.2 Å². The van der Waals surface area contributed by atoms with Gasteiger partial charge in [0, 0.05) is 12.0 Å². The number of nitrogens with one attached hydrogen (secondary N) is 1. The number of aromatic nitrogens is 2. The summed E-state index contributed by atoms with van der Waals surface area (Å²) in [5.41, 5.74) is 0.492. The fourth-order valence-corrected chi connectivity index (χ4v) is 3.15. The summed E-state index contributed by atoms with van der Waals surface area (Å²) in [7, 11) is 0. The average molecular weight is 378 g/mol. The Balaban J connectivity index is 2.10. The van der Waals surface area contributed by atoms with E-state index < -0.39 is 0 Å². The molecule has 0 unspecified atom stereocenters. The van der Waals surface area contributed by atoms with Gasteiger partial charge in [-0.2, -0.15) is 0 Å². The van der Waals surface area contributed by atoms with E-state index in [0.29, 0.717) is 47.2 Å². The summed E-state index contributed by atoms with van der Waals surface area (Å²) in [6.45, 7) is 11.4. The Morgan fingerprint density at radius 1 is 1.12 bits per heavy atom. The molecule has 0 saturated carbocycles. The first-order valence-electron chi connectivity index (χ1n) is 8.92. The normalized spacial score (nSPS) is 11.0. The van der Waals surface area contributed by atoms with E-state index in [1.54, 1.807) is 18.2 Å². The molecule has 0 fully saturated rings. The van der Waals surface area contributed by atoms with Crippen molar-refractivity contribution in [1.29, 1.82) is 0 Å². The predicted octanol–water partition coefficient (Wildman–Crippen LogP) is 4.42. The molecule has 1 heterocycles. The number of benzene rings is 1. The second-order valence-corrected chi connectivity index (χ2v) is 7.91. The Labute approximate surface area is 158 Å². The largest absolute Gasteiger partial charge is 0.490 e. The van der Waals surface area contributed by atoms with Crippen molar-refractivity contribution in [2.75, 3.05) is 18.5 Å². The van der Waals surface area contributed by atoms with Gasteiger partial charge < -0.3 is 9.47 Å². The molecule has 0 saturated heterocycles. The van der Waals surface area contributed by atoms with Gasteiger partial charge in [-0.05, 0) is 37.0 Å². The molecule has 1 N–H and O–H groups in total. The van der Waals surface area contributed by atoms with Gasteiger partial charge >= 0.3 is 0 Å². The zero-order valence-electron chi connectivity index (χ0n) is 16.0. The lowest BCUT2D eigenvalue weighted by Crippen LogP contribution is -2.12. The molecule has 142 valence electrons. The van der Waals surface area contributed by atoms with E-state index in [4.69, 9.17) is 9.47 Å². The van der Waals surface area contributed by atoms with Gasteiger partial charge in [0.2, 0.25) is 5.13 Å². The molecule has 6 nitrogen and oxygen atoms in total. The van der Waals surface area contributed by atoms with E-state index in [1.807, 2.05) is 6.92 Å². The van der Waals surface area contributed by atoms with Gasteiger partial charge in [0.25, 0.3) is 5.91 Å². The van der Waals surface area contributed by atoms with Crippen LogP contribution in [0.4, 0.5) is 5.13 Å². The summed E-state index contributed by atoms with van der Waals surface area (Å²) in [6, 6.07) is 5.20. The Hall–Kier alpha value is -2.15. The van der Waals surface area contributed by atoms with Crippen LogP contribution in [0.5, 0.6) is 11.5 Å². The summed E-state index contributed by atoms with van der Waals surface area (Å²) < 4.78 is 11.4. The second-order valence-electron chi connectivity index (χ2n) is 6.85. The molecule has 0 atom stereocenters.